The van der Waals surface area contributed by atoms with E-state index in [1.54, 1.807) is 6.07 Å². The molecule has 0 spiro atoms. The quantitative estimate of drug-likeness (QED) is 0.154. The zero-order valence-corrected chi connectivity index (χ0v) is 32.1. The van der Waals surface area contributed by atoms with Crippen molar-refractivity contribution in [3.8, 4) is 50.7 Å². The van der Waals surface area contributed by atoms with Gasteiger partial charge in [-0.3, -0.25) is 9.59 Å². The summed E-state index contributed by atoms with van der Waals surface area (Å²) in [6, 6.07) is 43.3. The minimum absolute atomic E-state index is 0.328. The van der Waals surface area contributed by atoms with Gasteiger partial charge in [-0.2, -0.15) is 0 Å². The second-order valence-corrected chi connectivity index (χ2v) is 14.4. The molecule has 1 aliphatic heterocycles. The monoisotopic (exact) mass is 754 g/mol. The molecule has 0 atom stereocenters. The van der Waals surface area contributed by atoms with Gasteiger partial charge in [0, 0.05) is 33.0 Å². The zero-order valence-electron chi connectivity index (χ0n) is 32.1. The molecule has 0 fully saturated rings. The molecule has 4 heterocycles. The van der Waals surface area contributed by atoms with E-state index in [4.69, 9.17) is 0 Å². The van der Waals surface area contributed by atoms with Gasteiger partial charge in [0.15, 0.2) is 11.6 Å². The molecule has 0 N–H and O–H groups in total. The molecule has 0 aliphatic carbocycles. The van der Waals surface area contributed by atoms with Crippen LogP contribution < -0.4 is 4.90 Å². The summed E-state index contributed by atoms with van der Waals surface area (Å²) in [6.07, 6.45) is 0. The number of hydrogen-bond acceptors (Lipinski definition) is 8. The van der Waals surface area contributed by atoms with E-state index in [1.165, 1.54) is 4.90 Å². The molecule has 3 aromatic heterocycles. The molecule has 6 aromatic carbocycles. The fraction of sp³-hybridized carbons (Fsp3) is 0.0833. The maximum absolute atomic E-state index is 15.2. The fourth-order valence-electron chi connectivity index (χ4n) is 8.19. The first-order chi connectivity index (χ1) is 28.2. The van der Waals surface area contributed by atoms with Crippen molar-refractivity contribution in [2.45, 2.75) is 27.7 Å². The number of aromatic nitrogens is 7. The summed E-state index contributed by atoms with van der Waals surface area (Å²) in [5.74, 6) is 2.87. The fourth-order valence-corrected chi connectivity index (χ4v) is 8.19. The molecule has 2 amide bonds. The summed E-state index contributed by atoms with van der Waals surface area (Å²) in [6.45, 7) is 7.41. The highest BCUT2D eigenvalue weighted by Crippen LogP contribution is 2.45. The summed E-state index contributed by atoms with van der Waals surface area (Å²) in [4.78, 5) is 58.8. The second-order valence-electron chi connectivity index (χ2n) is 14.4. The van der Waals surface area contributed by atoms with Crippen LogP contribution >= 0.6 is 0 Å². The average Bonchev–Trinajstić information content (AvgIpc) is 3.69. The van der Waals surface area contributed by atoms with Crippen molar-refractivity contribution in [3.05, 3.63) is 168 Å². The van der Waals surface area contributed by atoms with E-state index in [1.807, 2.05) is 143 Å². The molecule has 0 unspecified atom stereocenters. The lowest BCUT2D eigenvalue weighted by atomic mass is 9.95. The van der Waals surface area contributed by atoms with Crippen LogP contribution in [0.3, 0.4) is 0 Å². The third kappa shape index (κ3) is 5.64. The first kappa shape index (κ1) is 34.7. The molecule has 0 radical (unpaired) electrons. The van der Waals surface area contributed by atoms with Crippen molar-refractivity contribution in [2.75, 3.05) is 4.90 Å². The van der Waals surface area contributed by atoms with Gasteiger partial charge < -0.3 is 4.57 Å². The van der Waals surface area contributed by atoms with E-state index in [9.17, 15) is 4.79 Å². The Morgan fingerprint density at radius 1 is 0.414 bits per heavy atom. The normalized spacial score (nSPS) is 12.5. The number of amides is 2. The third-order valence-electron chi connectivity index (χ3n) is 10.6. The van der Waals surface area contributed by atoms with Gasteiger partial charge in [0.05, 0.1) is 33.5 Å². The highest BCUT2D eigenvalue weighted by molar-refractivity contribution is 6.37. The van der Waals surface area contributed by atoms with Gasteiger partial charge in [0.25, 0.3) is 11.8 Å². The molecule has 9 aromatic rings. The van der Waals surface area contributed by atoms with E-state index in [2.05, 4.69) is 46.6 Å². The van der Waals surface area contributed by atoms with Gasteiger partial charge in [-0.15, -0.1) is 0 Å². The van der Waals surface area contributed by atoms with Gasteiger partial charge in [0.2, 0.25) is 0 Å². The minimum atomic E-state index is -0.397. The Morgan fingerprint density at radius 2 is 0.862 bits per heavy atom. The van der Waals surface area contributed by atoms with Crippen molar-refractivity contribution in [1.29, 1.82) is 0 Å². The zero-order chi connectivity index (χ0) is 39.7. The van der Waals surface area contributed by atoms with Crippen LogP contribution in [0.2, 0.25) is 0 Å². The lowest BCUT2D eigenvalue weighted by Crippen LogP contribution is -2.30. The molecule has 58 heavy (non-hydrogen) atoms. The summed E-state index contributed by atoms with van der Waals surface area (Å²) in [5, 5.41) is 1.80. The molecule has 278 valence electrons. The van der Waals surface area contributed by atoms with E-state index in [0.29, 0.717) is 57.4 Å². The molecule has 10 rings (SSSR count). The van der Waals surface area contributed by atoms with Crippen molar-refractivity contribution >= 4 is 39.3 Å². The van der Waals surface area contributed by atoms with Crippen molar-refractivity contribution in [2.24, 2.45) is 0 Å². The first-order valence-electron chi connectivity index (χ1n) is 19.0. The number of aryl methyl sites for hydroxylation is 4. The van der Waals surface area contributed by atoms with E-state index in [0.717, 1.165) is 55.2 Å². The Kier molecular flexibility index (Phi) is 8.08. The maximum atomic E-state index is 15.2. The van der Waals surface area contributed by atoms with Crippen LogP contribution in [-0.2, 0) is 0 Å². The molecular formula is C48H34N8O2. The Labute approximate surface area is 333 Å². The lowest BCUT2D eigenvalue weighted by Gasteiger charge is -2.23. The predicted octanol–water partition coefficient (Wildman–Crippen LogP) is 9.86. The number of carbonyl (C=O) groups is 2. The summed E-state index contributed by atoms with van der Waals surface area (Å²) < 4.78 is 2.07. The first-order valence-corrected chi connectivity index (χ1v) is 19.0. The van der Waals surface area contributed by atoms with Crippen molar-refractivity contribution < 1.29 is 9.59 Å². The largest absolute Gasteiger partial charge is 0.308 e. The summed E-state index contributed by atoms with van der Waals surface area (Å²) in [5.41, 5.74) is 8.46. The topological polar surface area (TPSA) is 120 Å². The molecule has 0 saturated heterocycles. The minimum Gasteiger partial charge on any atom is -0.308 e. The predicted molar refractivity (Wildman–Crippen MR) is 226 cm³/mol. The maximum Gasteiger partial charge on any atom is 0.268 e. The molecular weight excluding hydrogens is 721 g/mol. The SMILES string of the molecule is Cc1nc(C)nc(-c2ccc3c(c2)c2cc(-c4nc(C)nc(C)n4)ccc2n3-c2cccc3c2C(=O)N(c2c(-c4ccccc4)cccc2-c2ccccc2)C3=O)n1. The van der Waals surface area contributed by atoms with E-state index < -0.39 is 5.91 Å². The van der Waals surface area contributed by atoms with E-state index >= 15 is 4.79 Å². The number of hydrogen-bond donors (Lipinski definition) is 0. The Morgan fingerprint density at radius 3 is 1.34 bits per heavy atom. The third-order valence-corrected chi connectivity index (χ3v) is 10.6. The van der Waals surface area contributed by atoms with Crippen LogP contribution in [0.1, 0.15) is 44.0 Å². The van der Waals surface area contributed by atoms with Gasteiger partial charge in [-0.05, 0) is 87.4 Å². The van der Waals surface area contributed by atoms with Crippen LogP contribution in [0.15, 0.2) is 133 Å². The highest BCUT2D eigenvalue weighted by Gasteiger charge is 2.41. The van der Waals surface area contributed by atoms with Crippen LogP contribution in [0.25, 0.3) is 72.5 Å². The number of nitrogens with zero attached hydrogens (tertiary/aromatic N) is 8. The molecule has 1 aliphatic rings. The number of carbonyl (C=O) groups excluding carboxylic acids is 2. The molecule has 10 nitrogen and oxygen atoms in total. The smallest absolute Gasteiger partial charge is 0.268 e. The van der Waals surface area contributed by atoms with Gasteiger partial charge >= 0.3 is 0 Å². The van der Waals surface area contributed by atoms with Crippen LogP contribution in [0.4, 0.5) is 5.69 Å². The Balaban J connectivity index is 1.21. The summed E-state index contributed by atoms with van der Waals surface area (Å²) >= 11 is 0. The molecule has 10 heteroatoms. The van der Waals surface area contributed by atoms with Crippen molar-refractivity contribution in [1.82, 2.24) is 34.5 Å². The molecule has 0 bridgehead atoms. The number of anilines is 1. The van der Waals surface area contributed by atoms with Crippen LogP contribution in [-0.4, -0.2) is 46.3 Å². The standard InChI is InChI=1S/C48H34N8O2/c1-27-49-28(2)52-45(51-27)33-21-23-40-38(25-33)39-26-34(46-53-29(3)50-30(4)54-46)22-24-41(39)55(40)42-20-12-19-37-43(42)48(58)56(47(37)57)44-35(31-13-7-5-8-14-31)17-11-18-36(44)32-15-9-6-10-16-32/h5-26H,1-4H3. The van der Waals surface area contributed by atoms with Crippen LogP contribution in [0.5, 0.6) is 0 Å². The summed E-state index contributed by atoms with van der Waals surface area (Å²) in [7, 11) is 0. The van der Waals surface area contributed by atoms with Gasteiger partial charge in [0.1, 0.15) is 23.3 Å². The van der Waals surface area contributed by atoms with E-state index in [-0.39, 0.29) is 5.91 Å². The number of imide groups is 1. The Hall–Kier alpha value is -7.72. The second kappa shape index (κ2) is 13.5. The highest BCUT2D eigenvalue weighted by atomic mass is 16.2. The lowest BCUT2D eigenvalue weighted by molar-refractivity contribution is 0.0926. The van der Waals surface area contributed by atoms with Gasteiger partial charge in [-0.25, -0.2) is 34.8 Å². The number of rotatable bonds is 6. The van der Waals surface area contributed by atoms with Gasteiger partial charge in [-0.1, -0.05) is 84.9 Å². The van der Waals surface area contributed by atoms with Crippen molar-refractivity contribution in [3.63, 3.8) is 0 Å². The number of fused-ring (bicyclic) bond motifs is 4. The van der Waals surface area contributed by atoms with Crippen LogP contribution in [0, 0.1) is 27.7 Å². The number of para-hydroxylation sites is 1. The number of benzene rings is 6. The molecule has 0 saturated carbocycles. The average molecular weight is 755 g/mol. The Bertz CT molecular complexity index is 2950.